The molecule has 2 aliphatic rings. The van der Waals surface area contributed by atoms with Crippen LogP contribution in [-0.2, 0) is 21.0 Å². The van der Waals surface area contributed by atoms with Gasteiger partial charge in [0, 0.05) is 24.7 Å². The van der Waals surface area contributed by atoms with Crippen LogP contribution in [0.1, 0.15) is 56.9 Å². The van der Waals surface area contributed by atoms with Gasteiger partial charge in [-0.2, -0.15) is 0 Å². The molecular formula is C24H32O3. The Morgan fingerprint density at radius 2 is 1.67 bits per heavy atom. The predicted octanol–water partition coefficient (Wildman–Crippen LogP) is 5.61. The summed E-state index contributed by atoms with van der Waals surface area (Å²) in [6.45, 7) is 0. The molecule has 2 bridgehead atoms. The topological polar surface area (TPSA) is 35.5 Å². The molecule has 0 spiro atoms. The van der Waals surface area contributed by atoms with Crippen LogP contribution in [0.25, 0.3) is 0 Å². The minimum atomic E-state index is 0.228. The molecular weight excluding hydrogens is 336 g/mol. The molecule has 1 unspecified atom stereocenters. The van der Waals surface area contributed by atoms with Gasteiger partial charge in [-0.05, 0) is 50.5 Å². The quantitative estimate of drug-likeness (QED) is 0.208. The number of unbranched alkanes of at least 4 members (excludes halogenated alkanes) is 4. The van der Waals surface area contributed by atoms with E-state index in [1.807, 2.05) is 0 Å². The van der Waals surface area contributed by atoms with Gasteiger partial charge in [0.25, 0.3) is 0 Å². The first-order chi connectivity index (χ1) is 13.4. The summed E-state index contributed by atoms with van der Waals surface area (Å²) < 4.78 is 0. The lowest BCUT2D eigenvalue weighted by atomic mass is 9.89. The largest absolute Gasteiger partial charge is 0.303 e. The summed E-state index contributed by atoms with van der Waals surface area (Å²) in [4.78, 5) is 21.3. The first kappa shape index (κ1) is 20.0. The smallest absolute Gasteiger partial charge is 0.119 e. The number of benzene rings is 1. The third kappa shape index (κ3) is 6.15. The van der Waals surface area contributed by atoms with Crippen LogP contribution in [0.5, 0.6) is 0 Å². The van der Waals surface area contributed by atoms with Crippen molar-refractivity contribution in [2.24, 2.45) is 11.8 Å². The monoisotopic (exact) mass is 368 g/mol. The standard InChI is InChI=1S/C24H32O3/c25-18-12-4-2-1-3-10-16-21-22(24-19-23(21)26-27-24)17-11-6-9-15-20-13-7-5-8-14-20/h3,5,7-8,10-11,13-14,17-18,21-24H,1-2,4,6,9,12,15-16,19H2/b10-3-,17-11+/t21-,22?,23+,24-/m1/s1. The minimum absolute atomic E-state index is 0.228. The highest BCUT2D eigenvalue weighted by Gasteiger charge is 2.49. The molecule has 1 aliphatic heterocycles. The van der Waals surface area contributed by atoms with E-state index in [1.54, 1.807) is 0 Å². The molecule has 3 heteroatoms. The molecule has 4 atom stereocenters. The van der Waals surface area contributed by atoms with E-state index in [0.29, 0.717) is 18.3 Å². The second-order valence-corrected chi connectivity index (χ2v) is 7.71. The van der Waals surface area contributed by atoms with E-state index in [4.69, 9.17) is 9.78 Å². The molecule has 3 rings (SSSR count). The highest BCUT2D eigenvalue weighted by Crippen LogP contribution is 2.44. The fraction of sp³-hybridized carbons (Fsp3) is 0.542. The molecule has 1 saturated heterocycles. The average Bonchev–Trinajstić information content (AvgIpc) is 3.30. The lowest BCUT2D eigenvalue weighted by Crippen LogP contribution is -2.28. The molecule has 1 aromatic carbocycles. The zero-order chi connectivity index (χ0) is 18.7. The predicted molar refractivity (Wildman–Crippen MR) is 108 cm³/mol. The summed E-state index contributed by atoms with van der Waals surface area (Å²) in [5.74, 6) is 1.00. The van der Waals surface area contributed by atoms with Crippen molar-refractivity contribution in [1.29, 1.82) is 0 Å². The Kier molecular flexibility index (Phi) is 8.32. The molecule has 0 aromatic heterocycles. The number of allylic oxidation sites excluding steroid dienone is 3. The maximum absolute atomic E-state index is 10.3. The van der Waals surface area contributed by atoms with E-state index in [2.05, 4.69) is 54.6 Å². The van der Waals surface area contributed by atoms with E-state index < -0.39 is 0 Å². The van der Waals surface area contributed by atoms with E-state index in [-0.39, 0.29) is 12.2 Å². The van der Waals surface area contributed by atoms with Gasteiger partial charge in [0.1, 0.15) is 12.4 Å². The zero-order valence-corrected chi connectivity index (χ0v) is 16.2. The summed E-state index contributed by atoms with van der Waals surface area (Å²) in [7, 11) is 0. The highest BCUT2D eigenvalue weighted by atomic mass is 17.2. The molecule has 0 amide bonds. The number of hydrogen-bond acceptors (Lipinski definition) is 3. The third-order valence-electron chi connectivity index (χ3n) is 5.72. The van der Waals surface area contributed by atoms with Crippen molar-refractivity contribution < 1.29 is 14.6 Å². The van der Waals surface area contributed by atoms with Gasteiger partial charge in [0.2, 0.25) is 0 Å². The number of hydrogen-bond donors (Lipinski definition) is 0. The van der Waals surface area contributed by atoms with Crippen molar-refractivity contribution in [3.63, 3.8) is 0 Å². The second-order valence-electron chi connectivity index (χ2n) is 7.71. The Morgan fingerprint density at radius 3 is 2.52 bits per heavy atom. The van der Waals surface area contributed by atoms with Crippen LogP contribution in [0.2, 0.25) is 0 Å². The number of fused-ring (bicyclic) bond motifs is 2. The molecule has 1 aliphatic carbocycles. The van der Waals surface area contributed by atoms with E-state index in [1.165, 1.54) is 12.0 Å². The van der Waals surface area contributed by atoms with Gasteiger partial charge in [0.15, 0.2) is 0 Å². The third-order valence-corrected chi connectivity index (χ3v) is 5.72. The highest BCUT2D eigenvalue weighted by molar-refractivity contribution is 5.48. The Labute approximate surface area is 163 Å². The van der Waals surface area contributed by atoms with Crippen LogP contribution in [0.15, 0.2) is 54.6 Å². The van der Waals surface area contributed by atoms with Crippen LogP contribution in [0.4, 0.5) is 0 Å². The molecule has 3 nitrogen and oxygen atoms in total. The van der Waals surface area contributed by atoms with Crippen molar-refractivity contribution in [3.8, 4) is 0 Å². The maximum atomic E-state index is 10.3. The van der Waals surface area contributed by atoms with Crippen LogP contribution in [0.3, 0.4) is 0 Å². The molecule has 0 radical (unpaired) electrons. The van der Waals surface area contributed by atoms with Crippen LogP contribution in [0, 0.1) is 11.8 Å². The van der Waals surface area contributed by atoms with E-state index in [9.17, 15) is 4.79 Å². The van der Waals surface area contributed by atoms with Gasteiger partial charge in [-0.3, -0.25) is 0 Å². The first-order valence-corrected chi connectivity index (χ1v) is 10.5. The molecule has 0 N–H and O–H groups in total. The van der Waals surface area contributed by atoms with Crippen molar-refractivity contribution in [3.05, 3.63) is 60.2 Å². The molecule has 2 fully saturated rings. The molecule has 146 valence electrons. The SMILES string of the molecule is O=CCCCC/C=C\C[C@@H]1C(/C=C/CCCc2ccccc2)[C@H]2C[C@@H]1OO2. The summed E-state index contributed by atoms with van der Waals surface area (Å²) in [6.07, 6.45) is 20.1. The summed E-state index contributed by atoms with van der Waals surface area (Å²) in [5.41, 5.74) is 1.42. The van der Waals surface area contributed by atoms with Crippen molar-refractivity contribution >= 4 is 6.29 Å². The lowest BCUT2D eigenvalue weighted by Gasteiger charge is -2.27. The maximum Gasteiger partial charge on any atom is 0.119 e. The van der Waals surface area contributed by atoms with Gasteiger partial charge in [-0.15, -0.1) is 0 Å². The molecule has 1 saturated carbocycles. The number of rotatable bonds is 12. The number of aryl methyl sites for hydroxylation is 1. The second kappa shape index (κ2) is 11.2. The van der Waals surface area contributed by atoms with Crippen LogP contribution in [-0.4, -0.2) is 18.5 Å². The Balaban J connectivity index is 1.39. The van der Waals surface area contributed by atoms with E-state index in [0.717, 1.165) is 51.2 Å². The fourth-order valence-electron chi connectivity index (χ4n) is 4.20. The number of carbonyl (C=O) groups excluding carboxylic acids is 1. The van der Waals surface area contributed by atoms with Crippen molar-refractivity contribution in [2.45, 2.75) is 70.0 Å². The van der Waals surface area contributed by atoms with E-state index >= 15 is 0 Å². The Bertz CT molecular complexity index is 607. The van der Waals surface area contributed by atoms with Crippen molar-refractivity contribution in [2.75, 3.05) is 0 Å². The van der Waals surface area contributed by atoms with Crippen LogP contribution < -0.4 is 0 Å². The van der Waals surface area contributed by atoms with Gasteiger partial charge in [-0.25, -0.2) is 9.78 Å². The van der Waals surface area contributed by atoms with Crippen LogP contribution >= 0.6 is 0 Å². The van der Waals surface area contributed by atoms with Crippen molar-refractivity contribution in [1.82, 2.24) is 0 Å². The van der Waals surface area contributed by atoms with Gasteiger partial charge < -0.3 is 4.79 Å². The number of aldehydes is 1. The summed E-state index contributed by atoms with van der Waals surface area (Å²) in [6, 6.07) is 10.7. The Morgan fingerprint density at radius 1 is 0.889 bits per heavy atom. The molecule has 1 heterocycles. The molecule has 1 aromatic rings. The average molecular weight is 369 g/mol. The summed E-state index contributed by atoms with van der Waals surface area (Å²) >= 11 is 0. The zero-order valence-electron chi connectivity index (χ0n) is 16.2. The first-order valence-electron chi connectivity index (χ1n) is 10.5. The fourth-order valence-corrected chi connectivity index (χ4v) is 4.20. The summed E-state index contributed by atoms with van der Waals surface area (Å²) in [5, 5.41) is 0. The normalized spacial score (nSPS) is 27.1. The minimum Gasteiger partial charge on any atom is -0.303 e. The van der Waals surface area contributed by atoms with Gasteiger partial charge in [-0.1, -0.05) is 54.6 Å². The van der Waals surface area contributed by atoms with Gasteiger partial charge >= 0.3 is 0 Å². The lowest BCUT2D eigenvalue weighted by molar-refractivity contribution is -0.336. The molecule has 27 heavy (non-hydrogen) atoms. The van der Waals surface area contributed by atoms with Gasteiger partial charge in [0.05, 0.1) is 6.10 Å². The Hall–Kier alpha value is -1.71. The number of carbonyl (C=O) groups is 1.